The summed E-state index contributed by atoms with van der Waals surface area (Å²) in [5.74, 6) is -0.571. The molecule has 2 aromatic rings. The van der Waals surface area contributed by atoms with E-state index >= 15 is 0 Å². The molecule has 0 bridgehead atoms. The summed E-state index contributed by atoms with van der Waals surface area (Å²) in [6.07, 6.45) is 1.76. The van der Waals surface area contributed by atoms with Crippen LogP contribution in [-0.2, 0) is 20.7 Å². The molecule has 6 nitrogen and oxygen atoms in total. The highest BCUT2D eigenvalue weighted by molar-refractivity contribution is 6.30. The van der Waals surface area contributed by atoms with E-state index in [1.807, 2.05) is 0 Å². The highest BCUT2D eigenvalue weighted by Crippen LogP contribution is 2.21. The average Bonchev–Trinajstić information content (AvgIpc) is 2.83. The number of hydrogen-bond acceptors (Lipinski definition) is 4. The Balaban J connectivity index is 1.34. The third-order valence-electron chi connectivity index (χ3n) is 5.93. The topological polar surface area (TPSA) is 75.7 Å². The standard InChI is InChI=1S/C26H31ClN2O4/c1-18(2)20-5-3-19(4-6-20)11-14-28-24(30)17-33-26(32)22-12-15-29(16-13-22)25(31)21-7-9-23(27)10-8-21/h3-10,18,22H,11-17H2,1-2H3,(H,28,30). The molecule has 0 aliphatic carbocycles. The molecular formula is C26H31ClN2O4. The van der Waals surface area contributed by atoms with Gasteiger partial charge in [-0.3, -0.25) is 14.4 Å². The number of hydrogen-bond donors (Lipinski definition) is 1. The van der Waals surface area contributed by atoms with Crippen LogP contribution in [0.15, 0.2) is 48.5 Å². The molecule has 1 N–H and O–H groups in total. The van der Waals surface area contributed by atoms with Crippen molar-refractivity contribution in [3.05, 3.63) is 70.2 Å². The number of likely N-dealkylation sites (tertiary alicyclic amines) is 1. The second-order valence-electron chi connectivity index (χ2n) is 8.68. The molecule has 0 aromatic heterocycles. The first kappa shape index (κ1) is 24.8. The maximum Gasteiger partial charge on any atom is 0.309 e. The molecule has 1 aliphatic heterocycles. The van der Waals surface area contributed by atoms with E-state index in [9.17, 15) is 14.4 Å². The summed E-state index contributed by atoms with van der Waals surface area (Å²) in [6, 6.07) is 15.1. The Bertz CT molecular complexity index is 949. The minimum atomic E-state index is -0.381. The molecule has 0 spiro atoms. The fourth-order valence-electron chi connectivity index (χ4n) is 3.81. The van der Waals surface area contributed by atoms with Crippen LogP contribution in [0, 0.1) is 5.92 Å². The van der Waals surface area contributed by atoms with E-state index in [1.165, 1.54) is 5.56 Å². The molecule has 0 saturated carbocycles. The summed E-state index contributed by atoms with van der Waals surface area (Å²) in [5.41, 5.74) is 3.01. The zero-order chi connectivity index (χ0) is 23.8. The van der Waals surface area contributed by atoms with Crippen molar-refractivity contribution in [3.63, 3.8) is 0 Å². The quantitative estimate of drug-likeness (QED) is 0.586. The third kappa shape index (κ3) is 7.32. The summed E-state index contributed by atoms with van der Waals surface area (Å²) >= 11 is 5.87. The Morgan fingerprint density at radius 2 is 1.67 bits per heavy atom. The second-order valence-corrected chi connectivity index (χ2v) is 9.11. The Morgan fingerprint density at radius 3 is 2.27 bits per heavy atom. The maximum atomic E-state index is 12.6. The first-order valence-corrected chi connectivity index (χ1v) is 11.8. The van der Waals surface area contributed by atoms with Gasteiger partial charge in [-0.25, -0.2) is 0 Å². The SMILES string of the molecule is CC(C)c1ccc(CCNC(=O)COC(=O)C2CCN(C(=O)c3ccc(Cl)cc3)CC2)cc1. The highest BCUT2D eigenvalue weighted by atomic mass is 35.5. The molecule has 7 heteroatoms. The van der Waals surface area contributed by atoms with Gasteiger partial charge in [0.25, 0.3) is 11.8 Å². The van der Waals surface area contributed by atoms with Gasteiger partial charge in [0.15, 0.2) is 6.61 Å². The maximum absolute atomic E-state index is 12.6. The van der Waals surface area contributed by atoms with Gasteiger partial charge in [0.1, 0.15) is 0 Å². The van der Waals surface area contributed by atoms with Crippen molar-refractivity contribution in [1.82, 2.24) is 10.2 Å². The Kier molecular flexibility index (Phi) is 8.89. The van der Waals surface area contributed by atoms with Crippen LogP contribution in [0.25, 0.3) is 0 Å². The van der Waals surface area contributed by atoms with Gasteiger partial charge in [0.2, 0.25) is 0 Å². The van der Waals surface area contributed by atoms with Crippen LogP contribution < -0.4 is 5.32 Å². The zero-order valence-corrected chi connectivity index (χ0v) is 19.9. The van der Waals surface area contributed by atoms with E-state index in [1.54, 1.807) is 29.2 Å². The van der Waals surface area contributed by atoms with Crippen LogP contribution in [0.1, 0.15) is 54.1 Å². The molecule has 1 fully saturated rings. The number of ether oxygens (including phenoxy) is 1. The highest BCUT2D eigenvalue weighted by Gasteiger charge is 2.29. The summed E-state index contributed by atoms with van der Waals surface area (Å²) in [4.78, 5) is 38.7. The first-order chi connectivity index (χ1) is 15.8. The van der Waals surface area contributed by atoms with E-state index in [4.69, 9.17) is 16.3 Å². The van der Waals surface area contributed by atoms with Crippen molar-refractivity contribution in [3.8, 4) is 0 Å². The van der Waals surface area contributed by atoms with Gasteiger partial charge in [-0.1, -0.05) is 49.7 Å². The van der Waals surface area contributed by atoms with E-state index in [2.05, 4.69) is 43.4 Å². The molecule has 1 saturated heterocycles. The van der Waals surface area contributed by atoms with Crippen molar-refractivity contribution < 1.29 is 19.1 Å². The predicted molar refractivity (Wildman–Crippen MR) is 128 cm³/mol. The minimum absolute atomic E-state index is 0.0725. The van der Waals surface area contributed by atoms with Gasteiger partial charge >= 0.3 is 5.97 Å². The molecule has 0 unspecified atom stereocenters. The molecule has 0 radical (unpaired) electrons. The van der Waals surface area contributed by atoms with E-state index < -0.39 is 0 Å². The zero-order valence-electron chi connectivity index (χ0n) is 19.2. The van der Waals surface area contributed by atoms with Crippen molar-refractivity contribution in [2.24, 2.45) is 5.92 Å². The molecule has 0 atom stereocenters. The van der Waals surface area contributed by atoms with Gasteiger partial charge < -0.3 is 15.0 Å². The van der Waals surface area contributed by atoms with E-state index in [0.717, 1.165) is 12.0 Å². The van der Waals surface area contributed by atoms with Crippen LogP contribution >= 0.6 is 11.6 Å². The molecule has 1 heterocycles. The van der Waals surface area contributed by atoms with Crippen LogP contribution in [0.4, 0.5) is 0 Å². The lowest BCUT2D eigenvalue weighted by molar-refractivity contribution is -0.153. The normalized spacial score (nSPS) is 14.2. The Labute approximate surface area is 200 Å². The minimum Gasteiger partial charge on any atom is -0.455 e. The number of rotatable bonds is 8. The average molecular weight is 471 g/mol. The van der Waals surface area contributed by atoms with Crippen LogP contribution in [0.2, 0.25) is 5.02 Å². The van der Waals surface area contributed by atoms with Gasteiger partial charge in [-0.15, -0.1) is 0 Å². The number of carbonyl (C=O) groups is 3. The second kappa shape index (κ2) is 11.8. The predicted octanol–water partition coefficient (Wildman–Crippen LogP) is 4.22. The summed E-state index contributed by atoms with van der Waals surface area (Å²) in [7, 11) is 0. The number of carbonyl (C=O) groups excluding carboxylic acids is 3. The van der Waals surface area contributed by atoms with Crippen LogP contribution in [0.3, 0.4) is 0 Å². The largest absolute Gasteiger partial charge is 0.455 e. The molecule has 176 valence electrons. The van der Waals surface area contributed by atoms with Crippen molar-refractivity contribution in [1.29, 1.82) is 0 Å². The van der Waals surface area contributed by atoms with Crippen LogP contribution in [0.5, 0.6) is 0 Å². The Hall–Kier alpha value is -2.86. The molecule has 33 heavy (non-hydrogen) atoms. The fraction of sp³-hybridized carbons (Fsp3) is 0.423. The summed E-state index contributed by atoms with van der Waals surface area (Å²) < 4.78 is 5.21. The first-order valence-electron chi connectivity index (χ1n) is 11.4. The summed E-state index contributed by atoms with van der Waals surface area (Å²) in [5, 5.41) is 3.37. The van der Waals surface area contributed by atoms with Gasteiger partial charge in [-0.05, 0) is 60.6 Å². The van der Waals surface area contributed by atoms with Gasteiger partial charge in [0.05, 0.1) is 5.92 Å². The molecular weight excluding hydrogens is 440 g/mol. The van der Waals surface area contributed by atoms with Crippen molar-refractivity contribution >= 4 is 29.4 Å². The number of benzene rings is 2. The van der Waals surface area contributed by atoms with Crippen LogP contribution in [-0.4, -0.2) is 48.9 Å². The van der Waals surface area contributed by atoms with E-state index in [0.29, 0.717) is 49.0 Å². The number of amides is 2. The lowest BCUT2D eigenvalue weighted by Gasteiger charge is -2.31. The number of piperidine rings is 1. The fourth-order valence-corrected chi connectivity index (χ4v) is 3.94. The van der Waals surface area contributed by atoms with E-state index in [-0.39, 0.29) is 30.3 Å². The van der Waals surface area contributed by atoms with Crippen molar-refractivity contribution in [2.45, 2.75) is 39.0 Å². The smallest absolute Gasteiger partial charge is 0.309 e. The van der Waals surface area contributed by atoms with Gasteiger partial charge in [0, 0.05) is 30.2 Å². The molecule has 2 amide bonds. The summed E-state index contributed by atoms with van der Waals surface area (Å²) in [6.45, 7) is 5.46. The molecule has 2 aromatic carbocycles. The number of halogens is 1. The molecule has 1 aliphatic rings. The monoisotopic (exact) mass is 470 g/mol. The number of nitrogens with one attached hydrogen (secondary N) is 1. The number of esters is 1. The number of nitrogens with zero attached hydrogens (tertiary/aromatic N) is 1. The Morgan fingerprint density at radius 1 is 1.03 bits per heavy atom. The van der Waals surface area contributed by atoms with Gasteiger partial charge in [-0.2, -0.15) is 0 Å². The third-order valence-corrected chi connectivity index (χ3v) is 6.19. The molecule has 3 rings (SSSR count). The lowest BCUT2D eigenvalue weighted by atomic mass is 9.96. The van der Waals surface area contributed by atoms with Crippen molar-refractivity contribution in [2.75, 3.05) is 26.2 Å². The lowest BCUT2D eigenvalue weighted by Crippen LogP contribution is -2.41.